The summed E-state index contributed by atoms with van der Waals surface area (Å²) in [5.41, 5.74) is 9.36. The highest BCUT2D eigenvalue weighted by molar-refractivity contribution is 5.57. The first-order valence-electron chi connectivity index (χ1n) is 5.34. The molecule has 0 atom stereocenters. The molecule has 0 saturated heterocycles. The number of anilines is 1. The molecule has 0 aliphatic rings. The van der Waals surface area contributed by atoms with E-state index in [1.807, 2.05) is 14.1 Å². The highest BCUT2D eigenvalue weighted by Crippen LogP contribution is 2.15. The molecular weight excluding hydrogens is 184 g/mol. The normalized spacial score (nSPS) is 11.6. The first-order chi connectivity index (χ1) is 7.17. The summed E-state index contributed by atoms with van der Waals surface area (Å²) in [6.45, 7) is 2.78. The molecule has 0 saturated carbocycles. The molecule has 15 heavy (non-hydrogen) atoms. The topological polar surface area (TPSA) is 29.3 Å². The summed E-state index contributed by atoms with van der Waals surface area (Å²) >= 11 is 0. The standard InChI is InChI=1S/C13H20N2/c1-4-11(10-14)9-12-5-7-13(8-6-12)15(2)3/h5-9H,4,10,14H2,1-3H3. The van der Waals surface area contributed by atoms with E-state index in [1.54, 1.807) is 0 Å². The van der Waals surface area contributed by atoms with E-state index in [4.69, 9.17) is 5.73 Å². The Labute approximate surface area is 92.4 Å². The van der Waals surface area contributed by atoms with Gasteiger partial charge in [0, 0.05) is 26.3 Å². The second-order valence-corrected chi connectivity index (χ2v) is 3.85. The van der Waals surface area contributed by atoms with Gasteiger partial charge in [0.25, 0.3) is 0 Å². The van der Waals surface area contributed by atoms with Crippen molar-refractivity contribution in [1.29, 1.82) is 0 Å². The minimum Gasteiger partial charge on any atom is -0.378 e. The Hall–Kier alpha value is -1.28. The van der Waals surface area contributed by atoms with Crippen molar-refractivity contribution in [3.63, 3.8) is 0 Å². The molecule has 2 nitrogen and oxygen atoms in total. The van der Waals surface area contributed by atoms with Crippen LogP contribution in [0.1, 0.15) is 18.9 Å². The van der Waals surface area contributed by atoms with Gasteiger partial charge in [-0.2, -0.15) is 0 Å². The lowest BCUT2D eigenvalue weighted by Crippen LogP contribution is -2.08. The first-order valence-corrected chi connectivity index (χ1v) is 5.34. The molecule has 82 valence electrons. The van der Waals surface area contributed by atoms with Gasteiger partial charge in [-0.15, -0.1) is 0 Å². The van der Waals surface area contributed by atoms with Gasteiger partial charge in [-0.05, 0) is 24.1 Å². The summed E-state index contributed by atoms with van der Waals surface area (Å²) in [5, 5.41) is 0. The summed E-state index contributed by atoms with van der Waals surface area (Å²) in [6, 6.07) is 8.49. The molecule has 0 aliphatic heterocycles. The fraction of sp³-hybridized carbons (Fsp3) is 0.385. The average molecular weight is 204 g/mol. The van der Waals surface area contributed by atoms with Gasteiger partial charge >= 0.3 is 0 Å². The largest absolute Gasteiger partial charge is 0.378 e. The molecule has 2 heteroatoms. The predicted octanol–water partition coefficient (Wildman–Crippen LogP) is 2.50. The van der Waals surface area contributed by atoms with Gasteiger partial charge in [0.05, 0.1) is 0 Å². The highest BCUT2D eigenvalue weighted by atomic mass is 15.1. The Morgan fingerprint density at radius 1 is 1.27 bits per heavy atom. The molecule has 0 fully saturated rings. The third-order valence-electron chi connectivity index (χ3n) is 2.50. The Morgan fingerprint density at radius 2 is 1.87 bits per heavy atom. The SMILES string of the molecule is CCC(=Cc1ccc(N(C)C)cc1)CN. The number of nitrogens with two attached hydrogens (primary N) is 1. The fourth-order valence-corrected chi connectivity index (χ4v) is 1.41. The maximum atomic E-state index is 5.63. The van der Waals surface area contributed by atoms with Crippen LogP contribution in [0.15, 0.2) is 29.8 Å². The number of rotatable bonds is 4. The van der Waals surface area contributed by atoms with Gasteiger partial charge in [0.15, 0.2) is 0 Å². The van der Waals surface area contributed by atoms with E-state index in [9.17, 15) is 0 Å². The lowest BCUT2D eigenvalue weighted by Gasteiger charge is -2.12. The molecule has 0 spiro atoms. The second kappa shape index (κ2) is 5.56. The number of nitrogens with zero attached hydrogens (tertiary/aromatic N) is 1. The molecule has 2 N–H and O–H groups in total. The maximum absolute atomic E-state index is 5.63. The molecule has 1 aromatic carbocycles. The minimum atomic E-state index is 0.645. The molecule has 0 aromatic heterocycles. The van der Waals surface area contributed by atoms with Crippen LogP contribution in [0.25, 0.3) is 6.08 Å². The summed E-state index contributed by atoms with van der Waals surface area (Å²) < 4.78 is 0. The van der Waals surface area contributed by atoms with Crippen LogP contribution in [0.5, 0.6) is 0 Å². The zero-order chi connectivity index (χ0) is 11.3. The van der Waals surface area contributed by atoms with Crippen LogP contribution < -0.4 is 10.6 Å². The number of benzene rings is 1. The van der Waals surface area contributed by atoms with Crippen LogP contribution in [0.3, 0.4) is 0 Å². The summed E-state index contributed by atoms with van der Waals surface area (Å²) in [6.07, 6.45) is 3.19. The molecular formula is C13H20N2. The van der Waals surface area contributed by atoms with Crippen molar-refractivity contribution in [2.24, 2.45) is 5.73 Å². The summed E-state index contributed by atoms with van der Waals surface area (Å²) in [4.78, 5) is 2.09. The van der Waals surface area contributed by atoms with Crippen molar-refractivity contribution in [1.82, 2.24) is 0 Å². The van der Waals surface area contributed by atoms with E-state index in [1.165, 1.54) is 16.8 Å². The van der Waals surface area contributed by atoms with Crippen molar-refractivity contribution >= 4 is 11.8 Å². The molecule has 0 heterocycles. The van der Waals surface area contributed by atoms with Crippen LogP contribution in [-0.2, 0) is 0 Å². The second-order valence-electron chi connectivity index (χ2n) is 3.85. The van der Waals surface area contributed by atoms with Gasteiger partial charge in [-0.3, -0.25) is 0 Å². The smallest absolute Gasteiger partial charge is 0.0361 e. The van der Waals surface area contributed by atoms with Gasteiger partial charge < -0.3 is 10.6 Å². The van der Waals surface area contributed by atoms with Crippen LogP contribution in [0.2, 0.25) is 0 Å². The fourth-order valence-electron chi connectivity index (χ4n) is 1.41. The van der Waals surface area contributed by atoms with Crippen LogP contribution >= 0.6 is 0 Å². The number of hydrogen-bond donors (Lipinski definition) is 1. The van der Waals surface area contributed by atoms with Gasteiger partial charge in [0.2, 0.25) is 0 Å². The molecule has 0 aliphatic carbocycles. The van der Waals surface area contributed by atoms with Crippen molar-refractivity contribution in [3.8, 4) is 0 Å². The molecule has 0 bridgehead atoms. The third-order valence-corrected chi connectivity index (χ3v) is 2.50. The Balaban J connectivity index is 2.84. The molecule has 0 unspecified atom stereocenters. The Morgan fingerprint density at radius 3 is 2.27 bits per heavy atom. The molecule has 0 amide bonds. The summed E-state index contributed by atoms with van der Waals surface area (Å²) in [5.74, 6) is 0. The quantitative estimate of drug-likeness (QED) is 0.816. The van der Waals surface area contributed by atoms with Crippen molar-refractivity contribution in [3.05, 3.63) is 35.4 Å². The van der Waals surface area contributed by atoms with E-state index >= 15 is 0 Å². The Kier molecular flexibility index (Phi) is 4.37. The molecule has 1 rings (SSSR count). The third kappa shape index (κ3) is 3.40. The van der Waals surface area contributed by atoms with Crippen molar-refractivity contribution in [2.75, 3.05) is 25.5 Å². The van der Waals surface area contributed by atoms with Gasteiger partial charge in [-0.1, -0.05) is 30.7 Å². The summed E-state index contributed by atoms with van der Waals surface area (Å²) in [7, 11) is 4.09. The monoisotopic (exact) mass is 204 g/mol. The minimum absolute atomic E-state index is 0.645. The number of hydrogen-bond acceptors (Lipinski definition) is 2. The molecule has 1 aromatic rings. The molecule has 0 radical (unpaired) electrons. The van der Waals surface area contributed by atoms with Crippen molar-refractivity contribution < 1.29 is 0 Å². The van der Waals surface area contributed by atoms with Gasteiger partial charge in [0.1, 0.15) is 0 Å². The van der Waals surface area contributed by atoms with Crippen LogP contribution in [0, 0.1) is 0 Å². The van der Waals surface area contributed by atoms with E-state index in [0.717, 1.165) is 6.42 Å². The van der Waals surface area contributed by atoms with E-state index < -0.39 is 0 Å². The average Bonchev–Trinajstić information content (AvgIpc) is 2.26. The van der Waals surface area contributed by atoms with Crippen LogP contribution in [0.4, 0.5) is 5.69 Å². The lowest BCUT2D eigenvalue weighted by atomic mass is 10.1. The zero-order valence-electron chi connectivity index (χ0n) is 9.83. The van der Waals surface area contributed by atoms with Crippen molar-refractivity contribution in [2.45, 2.75) is 13.3 Å². The van der Waals surface area contributed by atoms with Crippen LogP contribution in [-0.4, -0.2) is 20.6 Å². The van der Waals surface area contributed by atoms with E-state index in [2.05, 4.69) is 42.2 Å². The van der Waals surface area contributed by atoms with E-state index in [-0.39, 0.29) is 0 Å². The first kappa shape index (κ1) is 11.8. The van der Waals surface area contributed by atoms with E-state index in [0.29, 0.717) is 6.54 Å². The lowest BCUT2D eigenvalue weighted by molar-refractivity contribution is 1.02. The zero-order valence-corrected chi connectivity index (χ0v) is 9.83. The highest BCUT2D eigenvalue weighted by Gasteiger charge is 1.95. The van der Waals surface area contributed by atoms with Gasteiger partial charge in [-0.25, -0.2) is 0 Å². The Bertz CT molecular complexity index is 317. The maximum Gasteiger partial charge on any atom is 0.0361 e. The predicted molar refractivity (Wildman–Crippen MR) is 68.1 cm³/mol.